The summed E-state index contributed by atoms with van der Waals surface area (Å²) in [4.78, 5) is 30.5. The lowest BCUT2D eigenvalue weighted by atomic mass is 10.5. The molecule has 0 atom stereocenters. The minimum atomic E-state index is -4.23. The van der Waals surface area contributed by atoms with E-state index in [1.165, 1.54) is 0 Å². The third-order valence-corrected chi connectivity index (χ3v) is 1.40. The normalized spacial score (nSPS) is 10.2. The monoisotopic (exact) mass is 253 g/mol. The van der Waals surface area contributed by atoms with Crippen LogP contribution in [0.5, 0.6) is 0 Å². The number of rotatable bonds is 4. The van der Waals surface area contributed by atoms with Crippen molar-refractivity contribution in [3.8, 4) is 0 Å². The van der Waals surface area contributed by atoms with Crippen LogP contribution in [0.25, 0.3) is 0 Å². The van der Waals surface area contributed by atoms with Gasteiger partial charge in [-0.2, -0.15) is 12.6 Å². The Bertz CT molecular complexity index is 175. The molecule has 0 saturated carbocycles. The van der Waals surface area contributed by atoms with Gasteiger partial charge in [0.05, 0.1) is 6.61 Å². The number of hydrogen-bond acceptors (Lipinski definition) is 4. The molecule has 0 aliphatic rings. The highest BCUT2D eigenvalue weighted by Gasteiger charge is 2.11. The molecule has 10 heteroatoms. The predicted octanol–water partition coefficient (Wildman–Crippen LogP) is 0.0440. The minimum absolute atomic E-state index is 0.0633. The van der Waals surface area contributed by atoms with Gasteiger partial charge >= 0.3 is 16.1 Å². The zero-order chi connectivity index (χ0) is 10.9. The Morgan fingerprint density at radius 1 is 1.38 bits per heavy atom. The fourth-order valence-corrected chi connectivity index (χ4v) is 0.744. The number of phosphoric acid groups is 1. The van der Waals surface area contributed by atoms with Gasteiger partial charge in [0.25, 0.3) is 0 Å². The van der Waals surface area contributed by atoms with Crippen LogP contribution in [0.1, 0.15) is 6.42 Å². The van der Waals surface area contributed by atoms with Crippen LogP contribution in [0.15, 0.2) is 0 Å². The topological polar surface area (TPSA) is 124 Å². The maximum absolute atomic E-state index is 9.95. The molecule has 0 saturated heterocycles. The summed E-state index contributed by atoms with van der Waals surface area (Å²) in [6, 6.07) is 0. The van der Waals surface area contributed by atoms with Crippen molar-refractivity contribution in [3.63, 3.8) is 0 Å². The molecule has 80 valence electrons. The summed E-state index contributed by atoms with van der Waals surface area (Å²) < 4.78 is 22.7. The summed E-state index contributed by atoms with van der Waals surface area (Å²) in [7, 11) is -7.10. The van der Waals surface area contributed by atoms with Gasteiger partial charge in [-0.05, 0) is 12.2 Å². The van der Waals surface area contributed by atoms with Gasteiger partial charge in [-0.3, -0.25) is 4.52 Å². The first-order chi connectivity index (χ1) is 5.79. The van der Waals surface area contributed by atoms with Gasteiger partial charge in [0.15, 0.2) is 0 Å². The van der Waals surface area contributed by atoms with Gasteiger partial charge in [-0.25, -0.2) is 4.57 Å². The van der Waals surface area contributed by atoms with Crippen molar-refractivity contribution >= 4 is 28.7 Å². The highest BCUT2D eigenvalue weighted by Crippen LogP contribution is 2.35. The predicted molar refractivity (Wildman–Crippen MR) is 48.5 cm³/mol. The van der Waals surface area contributed by atoms with Gasteiger partial charge in [-0.1, -0.05) is 0 Å². The zero-order valence-corrected chi connectivity index (χ0v) is 9.16. The molecule has 0 aliphatic carbocycles. The van der Waals surface area contributed by atoms with E-state index in [1.54, 1.807) is 0 Å². The lowest BCUT2D eigenvalue weighted by Gasteiger charge is -2.01. The molecule has 0 aromatic rings. The van der Waals surface area contributed by atoms with Crippen LogP contribution in [0.2, 0.25) is 0 Å². The van der Waals surface area contributed by atoms with Crippen LogP contribution in [0, 0.1) is 0 Å². The van der Waals surface area contributed by atoms with E-state index in [2.05, 4.69) is 17.2 Å². The molecule has 0 heterocycles. The van der Waals surface area contributed by atoms with E-state index >= 15 is 0 Å². The lowest BCUT2D eigenvalue weighted by Crippen LogP contribution is -1.91. The van der Waals surface area contributed by atoms with E-state index in [0.717, 1.165) is 0 Å². The Balaban J connectivity index is 0. The first-order valence-electron chi connectivity index (χ1n) is 2.95. The fraction of sp³-hybridized carbons (Fsp3) is 1.00. The quantitative estimate of drug-likeness (QED) is 0.272. The Labute approximate surface area is 81.3 Å². The molecule has 4 N–H and O–H groups in total. The molecule has 13 heavy (non-hydrogen) atoms. The molecule has 0 spiro atoms. The first-order valence-corrected chi connectivity index (χ1v) is 6.28. The summed E-state index contributed by atoms with van der Waals surface area (Å²) in [6.07, 6.45) is 0.550. The average Bonchev–Trinajstić information content (AvgIpc) is 1.83. The maximum atomic E-state index is 9.95. The summed E-state index contributed by atoms with van der Waals surface area (Å²) in [6.45, 7) is 0.0633. The Morgan fingerprint density at radius 3 is 2.00 bits per heavy atom. The van der Waals surface area contributed by atoms with Gasteiger partial charge in [-0.15, -0.1) is 9.79 Å². The van der Waals surface area contributed by atoms with Crippen molar-refractivity contribution in [2.45, 2.75) is 6.42 Å². The van der Waals surface area contributed by atoms with Crippen LogP contribution in [-0.4, -0.2) is 31.9 Å². The van der Waals surface area contributed by atoms with Crippen LogP contribution >= 0.6 is 28.7 Å². The SMILES string of the molecule is O=P(O)(O)OCCCS.O=[P+](O)O. The minimum Gasteiger partial charge on any atom is -0.303 e. The Kier molecular flexibility index (Phi) is 11.1. The van der Waals surface area contributed by atoms with E-state index < -0.39 is 16.1 Å². The van der Waals surface area contributed by atoms with Gasteiger partial charge in [0.1, 0.15) is 0 Å². The Hall–Kier alpha value is 0.480. The van der Waals surface area contributed by atoms with Crippen LogP contribution in [0.4, 0.5) is 0 Å². The van der Waals surface area contributed by atoms with Crippen molar-refractivity contribution < 1.29 is 33.2 Å². The summed E-state index contributed by atoms with van der Waals surface area (Å²) in [5.41, 5.74) is 0. The molecule has 0 aromatic heterocycles. The summed E-state index contributed by atoms with van der Waals surface area (Å²) in [5.74, 6) is 0.569. The molecule has 0 aliphatic heterocycles. The van der Waals surface area contributed by atoms with Gasteiger partial charge in [0.2, 0.25) is 0 Å². The van der Waals surface area contributed by atoms with Gasteiger partial charge < -0.3 is 9.79 Å². The molecule has 0 bridgehead atoms. The number of phosphoric ester groups is 1. The molecule has 0 amide bonds. The molecule has 0 radical (unpaired) electrons. The van der Waals surface area contributed by atoms with Crippen molar-refractivity contribution in [1.29, 1.82) is 0 Å². The van der Waals surface area contributed by atoms with E-state index in [0.29, 0.717) is 12.2 Å². The van der Waals surface area contributed by atoms with Crippen LogP contribution < -0.4 is 0 Å². The van der Waals surface area contributed by atoms with Crippen molar-refractivity contribution in [3.05, 3.63) is 0 Å². The summed E-state index contributed by atoms with van der Waals surface area (Å²) in [5, 5.41) is 0. The molecular formula is C3H11O7P2S+. The average molecular weight is 253 g/mol. The lowest BCUT2D eigenvalue weighted by molar-refractivity contribution is 0.198. The third kappa shape index (κ3) is 32.6. The molecule has 0 unspecified atom stereocenters. The van der Waals surface area contributed by atoms with Gasteiger partial charge in [0, 0.05) is 4.57 Å². The second-order valence-corrected chi connectivity index (χ2v) is 3.85. The number of thiol groups is 1. The third-order valence-electron chi connectivity index (χ3n) is 0.562. The molecule has 0 aromatic carbocycles. The highest BCUT2D eigenvalue weighted by molar-refractivity contribution is 7.80. The van der Waals surface area contributed by atoms with Crippen molar-refractivity contribution in [2.75, 3.05) is 12.4 Å². The standard InChI is InChI=1S/C3H9O4PS.HO3P/c4-8(5,6)7-2-1-3-9;1-4(2)3/h9H,1-3H2,(H2,4,5,6);(H-,1,2,3)/p+1. The Morgan fingerprint density at radius 2 is 1.77 bits per heavy atom. The van der Waals surface area contributed by atoms with E-state index in [-0.39, 0.29) is 6.61 Å². The second kappa shape index (κ2) is 9.05. The van der Waals surface area contributed by atoms with E-state index in [9.17, 15) is 4.57 Å². The first kappa shape index (κ1) is 15.9. The molecule has 0 rings (SSSR count). The van der Waals surface area contributed by atoms with E-state index in [1.807, 2.05) is 0 Å². The fourth-order valence-electron chi connectivity index (χ4n) is 0.248. The molecule has 7 nitrogen and oxygen atoms in total. The maximum Gasteiger partial charge on any atom is 0.692 e. The number of hydrogen-bond donors (Lipinski definition) is 5. The van der Waals surface area contributed by atoms with Crippen molar-refractivity contribution in [1.82, 2.24) is 0 Å². The molecular weight excluding hydrogens is 242 g/mol. The highest BCUT2D eigenvalue weighted by atomic mass is 32.1. The van der Waals surface area contributed by atoms with E-state index in [4.69, 9.17) is 24.1 Å². The summed E-state index contributed by atoms with van der Waals surface area (Å²) >= 11 is 3.82. The van der Waals surface area contributed by atoms with Crippen LogP contribution in [-0.2, 0) is 13.7 Å². The largest absolute Gasteiger partial charge is 0.692 e. The molecule has 0 fully saturated rings. The smallest absolute Gasteiger partial charge is 0.303 e. The second-order valence-electron chi connectivity index (χ2n) is 1.65. The van der Waals surface area contributed by atoms with Crippen molar-refractivity contribution in [2.24, 2.45) is 0 Å². The van der Waals surface area contributed by atoms with Crippen LogP contribution in [0.3, 0.4) is 0 Å². The zero-order valence-electron chi connectivity index (χ0n) is 6.48.